The molecule has 0 radical (unpaired) electrons. The molecule has 0 aliphatic heterocycles. The van der Waals surface area contributed by atoms with Gasteiger partial charge in [0.2, 0.25) is 0 Å². The van der Waals surface area contributed by atoms with Crippen LogP contribution in [0.1, 0.15) is 41.5 Å². The number of esters is 1. The number of carbonyl (C=O) groups excluding carboxylic acids is 1. The molecule has 0 spiro atoms. The van der Waals surface area contributed by atoms with Crippen molar-refractivity contribution in [2.45, 2.75) is 26.7 Å². The van der Waals surface area contributed by atoms with Crippen LogP contribution < -0.4 is 4.74 Å². The second-order valence-corrected chi connectivity index (χ2v) is 5.88. The Bertz CT molecular complexity index is 837. The highest BCUT2D eigenvalue weighted by Gasteiger charge is 2.19. The lowest BCUT2D eigenvalue weighted by atomic mass is 10.0. The minimum atomic E-state index is -0.510. The predicted molar refractivity (Wildman–Crippen MR) is 91.6 cm³/mol. The third-order valence-corrected chi connectivity index (χ3v) is 3.85. The smallest absolute Gasteiger partial charge is 0.366 e. The minimum absolute atomic E-state index is 0.215. The van der Waals surface area contributed by atoms with Crippen LogP contribution >= 0.6 is 0 Å². The fourth-order valence-corrected chi connectivity index (χ4v) is 2.41. The van der Waals surface area contributed by atoms with E-state index in [1.807, 2.05) is 30.3 Å². The molecule has 24 heavy (non-hydrogen) atoms. The van der Waals surface area contributed by atoms with E-state index in [0.717, 1.165) is 5.69 Å². The summed E-state index contributed by atoms with van der Waals surface area (Å²) in [5.74, 6) is 0.439. The first-order valence-electron chi connectivity index (χ1n) is 7.86. The first-order valence-corrected chi connectivity index (χ1v) is 7.86. The number of hydrogen-bond donors (Lipinski definition) is 0. The van der Waals surface area contributed by atoms with E-state index in [0.29, 0.717) is 17.4 Å². The third kappa shape index (κ3) is 3.20. The molecule has 3 rings (SSSR count). The molecule has 0 aliphatic rings. The van der Waals surface area contributed by atoms with Gasteiger partial charge in [-0.1, -0.05) is 49.4 Å². The molecule has 0 amide bonds. The van der Waals surface area contributed by atoms with Gasteiger partial charge in [-0.2, -0.15) is 0 Å². The molecule has 0 saturated carbocycles. The largest absolute Gasteiger partial charge is 0.422 e. The number of rotatable bonds is 4. The molecule has 2 aromatic carbocycles. The van der Waals surface area contributed by atoms with E-state index in [4.69, 9.17) is 4.74 Å². The maximum atomic E-state index is 12.3. The summed E-state index contributed by atoms with van der Waals surface area (Å²) in [7, 11) is 0. The highest BCUT2D eigenvalue weighted by atomic mass is 16.5. The van der Waals surface area contributed by atoms with Crippen LogP contribution in [-0.2, 0) is 0 Å². The van der Waals surface area contributed by atoms with E-state index in [9.17, 15) is 4.79 Å². The van der Waals surface area contributed by atoms with Gasteiger partial charge >= 0.3 is 5.97 Å². The summed E-state index contributed by atoms with van der Waals surface area (Å²) >= 11 is 0. The van der Waals surface area contributed by atoms with Crippen molar-refractivity contribution >= 4 is 5.97 Å². The first kappa shape index (κ1) is 15.9. The Morgan fingerprint density at radius 2 is 1.71 bits per heavy atom. The van der Waals surface area contributed by atoms with Crippen molar-refractivity contribution in [2.75, 3.05) is 0 Å². The molecule has 0 N–H and O–H groups in total. The highest BCUT2D eigenvalue weighted by molar-refractivity contribution is 5.90. The summed E-state index contributed by atoms with van der Waals surface area (Å²) in [6.45, 7) is 6.10. The molecule has 0 saturated heterocycles. The highest BCUT2D eigenvalue weighted by Crippen LogP contribution is 2.19. The topological polar surface area (TPSA) is 57.0 Å². The fraction of sp³-hybridized carbons (Fsp3) is 0.211. The maximum absolute atomic E-state index is 12.3. The predicted octanol–water partition coefficient (Wildman–Crippen LogP) is 3.92. The minimum Gasteiger partial charge on any atom is -0.422 e. The van der Waals surface area contributed by atoms with Gasteiger partial charge in [0.05, 0.1) is 11.4 Å². The lowest BCUT2D eigenvalue weighted by Gasteiger charge is -2.08. The van der Waals surface area contributed by atoms with Crippen LogP contribution in [0.4, 0.5) is 0 Å². The van der Waals surface area contributed by atoms with Gasteiger partial charge in [0.15, 0.2) is 5.69 Å². The van der Waals surface area contributed by atoms with Crippen molar-refractivity contribution in [2.24, 2.45) is 0 Å². The number of benzene rings is 2. The zero-order valence-corrected chi connectivity index (χ0v) is 13.9. The average Bonchev–Trinajstić information content (AvgIpc) is 2.97. The second-order valence-electron chi connectivity index (χ2n) is 5.88. The summed E-state index contributed by atoms with van der Waals surface area (Å²) in [4.78, 5) is 12.3. The van der Waals surface area contributed by atoms with Gasteiger partial charge in [0.25, 0.3) is 0 Å². The Morgan fingerprint density at radius 3 is 2.33 bits per heavy atom. The van der Waals surface area contributed by atoms with Crippen molar-refractivity contribution in [1.29, 1.82) is 0 Å². The van der Waals surface area contributed by atoms with Gasteiger partial charge < -0.3 is 4.74 Å². The number of carbonyl (C=O) groups is 1. The zero-order chi connectivity index (χ0) is 17.1. The molecule has 0 fully saturated rings. The number of aromatic nitrogens is 3. The maximum Gasteiger partial charge on any atom is 0.366 e. The number of nitrogens with zero attached hydrogens (tertiary/aromatic N) is 3. The van der Waals surface area contributed by atoms with E-state index >= 15 is 0 Å². The average molecular weight is 321 g/mol. The first-order chi connectivity index (χ1) is 11.6. The number of ether oxygens (including phenoxy) is 1. The quantitative estimate of drug-likeness (QED) is 0.540. The van der Waals surface area contributed by atoms with Gasteiger partial charge in [-0.05, 0) is 42.7 Å². The van der Waals surface area contributed by atoms with Crippen molar-refractivity contribution in [3.8, 4) is 11.4 Å². The Hall–Kier alpha value is -2.95. The zero-order valence-electron chi connectivity index (χ0n) is 13.9. The van der Waals surface area contributed by atoms with Crippen LogP contribution in [0.5, 0.6) is 5.75 Å². The fourth-order valence-electron chi connectivity index (χ4n) is 2.41. The van der Waals surface area contributed by atoms with E-state index in [2.05, 4.69) is 36.3 Å². The second kappa shape index (κ2) is 6.66. The lowest BCUT2D eigenvalue weighted by molar-refractivity contribution is 0.0727. The van der Waals surface area contributed by atoms with E-state index in [-0.39, 0.29) is 5.69 Å². The van der Waals surface area contributed by atoms with Crippen molar-refractivity contribution < 1.29 is 9.53 Å². The molecule has 0 aliphatic carbocycles. The van der Waals surface area contributed by atoms with Crippen LogP contribution in [0, 0.1) is 6.92 Å². The molecular formula is C19H19N3O2. The van der Waals surface area contributed by atoms with Gasteiger partial charge in [-0.3, -0.25) is 0 Å². The summed E-state index contributed by atoms with van der Waals surface area (Å²) in [6, 6.07) is 17.0. The van der Waals surface area contributed by atoms with Crippen molar-refractivity contribution in [3.05, 3.63) is 71.5 Å². The van der Waals surface area contributed by atoms with Crippen LogP contribution in [0.15, 0.2) is 54.6 Å². The molecular weight excluding hydrogens is 302 g/mol. The standard InChI is InChI=1S/C19H19N3O2/c1-13(2)15-9-11-16(12-10-15)22-14(3)18(20-21-22)19(23)24-17-7-5-4-6-8-17/h4-13H,1-3H3. The van der Waals surface area contributed by atoms with Crippen LogP contribution in [0.2, 0.25) is 0 Å². The van der Waals surface area contributed by atoms with Gasteiger partial charge in [-0.25, -0.2) is 9.48 Å². The Labute approximate surface area is 140 Å². The van der Waals surface area contributed by atoms with E-state index in [1.54, 1.807) is 23.7 Å². The molecule has 0 bridgehead atoms. The number of para-hydroxylation sites is 1. The van der Waals surface area contributed by atoms with Gasteiger partial charge in [0, 0.05) is 0 Å². The molecule has 3 aromatic rings. The molecule has 0 unspecified atom stereocenters. The summed E-state index contributed by atoms with van der Waals surface area (Å²) in [5.41, 5.74) is 2.98. The van der Waals surface area contributed by atoms with Crippen LogP contribution in [-0.4, -0.2) is 21.0 Å². The Balaban J connectivity index is 1.84. The normalized spacial score (nSPS) is 10.8. The van der Waals surface area contributed by atoms with E-state index in [1.165, 1.54) is 5.56 Å². The molecule has 1 aromatic heterocycles. The Morgan fingerprint density at radius 1 is 1.04 bits per heavy atom. The van der Waals surface area contributed by atoms with Crippen molar-refractivity contribution in [3.63, 3.8) is 0 Å². The molecule has 1 heterocycles. The molecule has 0 atom stereocenters. The SMILES string of the molecule is Cc1c(C(=O)Oc2ccccc2)nnn1-c1ccc(C(C)C)cc1. The molecule has 5 heteroatoms. The monoisotopic (exact) mass is 321 g/mol. The van der Waals surface area contributed by atoms with Crippen molar-refractivity contribution in [1.82, 2.24) is 15.0 Å². The van der Waals surface area contributed by atoms with E-state index < -0.39 is 5.97 Å². The summed E-state index contributed by atoms with van der Waals surface area (Å²) in [5, 5.41) is 8.07. The number of hydrogen-bond acceptors (Lipinski definition) is 4. The van der Waals surface area contributed by atoms with Gasteiger partial charge in [-0.15, -0.1) is 5.10 Å². The summed E-state index contributed by atoms with van der Waals surface area (Å²) in [6.07, 6.45) is 0. The van der Waals surface area contributed by atoms with Gasteiger partial charge in [0.1, 0.15) is 5.75 Å². The Kier molecular flexibility index (Phi) is 4.42. The molecule has 122 valence electrons. The summed E-state index contributed by atoms with van der Waals surface area (Å²) < 4.78 is 6.97. The van der Waals surface area contributed by atoms with Crippen LogP contribution in [0.25, 0.3) is 5.69 Å². The third-order valence-electron chi connectivity index (χ3n) is 3.85. The lowest BCUT2D eigenvalue weighted by Crippen LogP contribution is -2.11. The molecule has 5 nitrogen and oxygen atoms in total. The van der Waals surface area contributed by atoms with Crippen LogP contribution in [0.3, 0.4) is 0 Å².